The Morgan fingerprint density at radius 2 is 1.75 bits per heavy atom. The largest absolute Gasteiger partial charge is 0.289 e. The molecule has 0 unspecified atom stereocenters. The smallest absolute Gasteiger partial charge is 0.250 e. The minimum Gasteiger partial charge on any atom is -0.289 e. The number of nitrogens with zero attached hydrogens (tertiary/aromatic N) is 1. The van der Waals surface area contributed by atoms with E-state index in [-0.39, 0.29) is 5.78 Å². The van der Waals surface area contributed by atoms with Crippen LogP contribution in [0.4, 0.5) is 0 Å². The summed E-state index contributed by atoms with van der Waals surface area (Å²) in [7, 11) is 0. The fourth-order valence-electron chi connectivity index (χ4n) is 1.14. The molecule has 0 aromatic rings. The van der Waals surface area contributed by atoms with Crippen LogP contribution in [-0.2, 0) is 4.79 Å². The molecule has 12 heavy (non-hydrogen) atoms. The lowest BCUT2D eigenvalue weighted by Crippen LogP contribution is -2.21. The first-order valence-corrected chi connectivity index (χ1v) is 3.57. The maximum absolute atomic E-state index is 11.1. The van der Waals surface area contributed by atoms with Crippen LogP contribution in [0.15, 0.2) is 23.3 Å². The Kier molecular flexibility index (Phi) is 2.08. The van der Waals surface area contributed by atoms with Crippen molar-refractivity contribution in [2.45, 2.75) is 19.9 Å². The molecule has 1 aliphatic rings. The van der Waals surface area contributed by atoms with Crippen LogP contribution in [0.5, 0.6) is 0 Å². The molecule has 0 bridgehead atoms. The number of ketones is 1. The van der Waals surface area contributed by atoms with Gasteiger partial charge in [0.05, 0.1) is 0 Å². The molecule has 1 aliphatic carbocycles. The van der Waals surface area contributed by atoms with E-state index in [4.69, 9.17) is 0 Å². The predicted molar refractivity (Wildman–Crippen MR) is 43.3 cm³/mol. The lowest BCUT2D eigenvalue weighted by Gasteiger charge is -2.09. The summed E-state index contributed by atoms with van der Waals surface area (Å²) in [6.07, 6.45) is 2.74. The molecular formula is C8H9NO3. The number of hydrogen-bond acceptors (Lipinski definition) is 3. The van der Waals surface area contributed by atoms with Crippen LogP contribution in [0, 0.1) is 10.1 Å². The highest BCUT2D eigenvalue weighted by atomic mass is 16.6. The normalized spacial score (nSPS) is 18.7. The molecule has 0 aromatic carbocycles. The molecule has 0 amide bonds. The Balaban J connectivity index is 2.99. The average Bonchev–Trinajstić information content (AvgIpc) is 1.99. The molecule has 4 heteroatoms. The van der Waals surface area contributed by atoms with Gasteiger partial charge in [-0.15, -0.1) is 0 Å². The first kappa shape index (κ1) is 8.64. The van der Waals surface area contributed by atoms with E-state index in [0.29, 0.717) is 11.1 Å². The standard InChI is InChI=1S/C8H9NO3/c1-5-3-7(9(11)12)4-6(2)8(5)10/h3-4,7H,1-2H3. The van der Waals surface area contributed by atoms with E-state index in [2.05, 4.69) is 0 Å². The third-order valence-corrected chi connectivity index (χ3v) is 1.80. The molecular weight excluding hydrogens is 158 g/mol. The van der Waals surface area contributed by atoms with Gasteiger partial charge in [0.25, 0.3) is 6.04 Å². The number of carbonyl (C=O) groups is 1. The zero-order valence-electron chi connectivity index (χ0n) is 6.90. The lowest BCUT2D eigenvalue weighted by atomic mass is 9.97. The molecule has 0 spiro atoms. The number of rotatable bonds is 1. The third kappa shape index (κ3) is 1.42. The summed E-state index contributed by atoms with van der Waals surface area (Å²) in [5.74, 6) is -0.104. The van der Waals surface area contributed by atoms with Crippen LogP contribution in [0.1, 0.15) is 13.8 Å². The van der Waals surface area contributed by atoms with Gasteiger partial charge in [-0.1, -0.05) is 0 Å². The summed E-state index contributed by atoms with van der Waals surface area (Å²) in [4.78, 5) is 21.1. The van der Waals surface area contributed by atoms with Crippen LogP contribution in [0.2, 0.25) is 0 Å². The minimum atomic E-state index is -0.831. The van der Waals surface area contributed by atoms with Gasteiger partial charge >= 0.3 is 0 Å². The minimum absolute atomic E-state index is 0.104. The Bertz CT molecular complexity index is 279. The van der Waals surface area contributed by atoms with Gasteiger partial charge in [0.2, 0.25) is 0 Å². The van der Waals surface area contributed by atoms with E-state index >= 15 is 0 Å². The quantitative estimate of drug-likeness (QED) is 0.434. The summed E-state index contributed by atoms with van der Waals surface area (Å²) in [5, 5.41) is 10.4. The van der Waals surface area contributed by atoms with Crippen molar-refractivity contribution in [2.24, 2.45) is 0 Å². The topological polar surface area (TPSA) is 60.2 Å². The van der Waals surface area contributed by atoms with Gasteiger partial charge in [-0.3, -0.25) is 14.9 Å². The zero-order valence-corrected chi connectivity index (χ0v) is 6.90. The van der Waals surface area contributed by atoms with Crippen molar-refractivity contribution >= 4 is 5.78 Å². The van der Waals surface area contributed by atoms with Crippen molar-refractivity contribution in [1.29, 1.82) is 0 Å². The SMILES string of the molecule is CC1=CC([N+](=O)[O-])C=C(C)C1=O. The first-order chi connectivity index (χ1) is 5.52. The van der Waals surface area contributed by atoms with Crippen molar-refractivity contribution in [3.05, 3.63) is 33.4 Å². The van der Waals surface area contributed by atoms with E-state index in [9.17, 15) is 14.9 Å². The fraction of sp³-hybridized carbons (Fsp3) is 0.375. The molecule has 4 nitrogen and oxygen atoms in total. The molecule has 0 N–H and O–H groups in total. The second-order valence-corrected chi connectivity index (χ2v) is 2.80. The Morgan fingerprint density at radius 1 is 1.33 bits per heavy atom. The van der Waals surface area contributed by atoms with Gasteiger partial charge < -0.3 is 0 Å². The highest BCUT2D eigenvalue weighted by Gasteiger charge is 2.23. The van der Waals surface area contributed by atoms with E-state index in [0.717, 1.165) is 0 Å². The Hall–Kier alpha value is -1.45. The van der Waals surface area contributed by atoms with E-state index < -0.39 is 11.0 Å². The van der Waals surface area contributed by atoms with Crippen molar-refractivity contribution in [1.82, 2.24) is 0 Å². The van der Waals surface area contributed by atoms with E-state index in [1.807, 2.05) is 0 Å². The van der Waals surface area contributed by atoms with Crippen LogP contribution in [0.3, 0.4) is 0 Å². The van der Waals surface area contributed by atoms with E-state index in [1.54, 1.807) is 13.8 Å². The Labute approximate surface area is 69.7 Å². The summed E-state index contributed by atoms with van der Waals surface area (Å²) >= 11 is 0. The maximum atomic E-state index is 11.1. The van der Waals surface area contributed by atoms with Crippen molar-refractivity contribution in [3.8, 4) is 0 Å². The van der Waals surface area contributed by atoms with Crippen LogP contribution < -0.4 is 0 Å². The summed E-state index contributed by atoms with van der Waals surface area (Å²) in [5.41, 5.74) is 0.911. The van der Waals surface area contributed by atoms with Crippen LogP contribution in [0.25, 0.3) is 0 Å². The van der Waals surface area contributed by atoms with E-state index in [1.165, 1.54) is 12.2 Å². The summed E-state index contributed by atoms with van der Waals surface area (Å²) in [6, 6.07) is -0.831. The van der Waals surface area contributed by atoms with Gasteiger partial charge in [-0.2, -0.15) is 0 Å². The van der Waals surface area contributed by atoms with Gasteiger partial charge in [0.15, 0.2) is 5.78 Å². The molecule has 0 saturated heterocycles. The maximum Gasteiger partial charge on any atom is 0.250 e. The van der Waals surface area contributed by atoms with Crippen LogP contribution >= 0.6 is 0 Å². The number of nitro groups is 1. The van der Waals surface area contributed by atoms with Gasteiger partial charge in [0, 0.05) is 4.92 Å². The monoisotopic (exact) mass is 167 g/mol. The number of allylic oxidation sites excluding steroid dienone is 2. The predicted octanol–water partition coefficient (Wildman–Crippen LogP) is 1.11. The number of Topliss-reactive ketones (excluding diaryl/α,β-unsaturated/α-hetero) is 1. The number of carbonyl (C=O) groups excluding carboxylic acids is 1. The van der Waals surface area contributed by atoms with Crippen molar-refractivity contribution in [3.63, 3.8) is 0 Å². The summed E-state index contributed by atoms with van der Waals surface area (Å²) < 4.78 is 0. The zero-order chi connectivity index (χ0) is 9.30. The molecule has 0 aromatic heterocycles. The molecule has 64 valence electrons. The van der Waals surface area contributed by atoms with Crippen molar-refractivity contribution in [2.75, 3.05) is 0 Å². The molecule has 1 rings (SSSR count). The molecule has 0 fully saturated rings. The molecule has 0 heterocycles. The highest BCUT2D eigenvalue weighted by molar-refractivity contribution is 6.08. The first-order valence-electron chi connectivity index (χ1n) is 3.57. The van der Waals surface area contributed by atoms with Gasteiger partial charge in [-0.05, 0) is 37.1 Å². The number of hydrogen-bond donors (Lipinski definition) is 0. The molecule has 0 aliphatic heterocycles. The summed E-state index contributed by atoms with van der Waals surface area (Å²) in [6.45, 7) is 3.19. The second-order valence-electron chi connectivity index (χ2n) is 2.80. The molecule has 0 atom stereocenters. The fourth-order valence-corrected chi connectivity index (χ4v) is 1.14. The third-order valence-electron chi connectivity index (χ3n) is 1.80. The lowest BCUT2D eigenvalue weighted by molar-refractivity contribution is -0.496. The molecule has 0 radical (unpaired) electrons. The Morgan fingerprint density at radius 3 is 2.08 bits per heavy atom. The van der Waals surface area contributed by atoms with Gasteiger partial charge in [-0.25, -0.2) is 0 Å². The highest BCUT2D eigenvalue weighted by Crippen LogP contribution is 2.15. The second kappa shape index (κ2) is 2.89. The average molecular weight is 167 g/mol. The van der Waals surface area contributed by atoms with Crippen molar-refractivity contribution < 1.29 is 9.72 Å². The van der Waals surface area contributed by atoms with Gasteiger partial charge in [0.1, 0.15) is 0 Å². The van der Waals surface area contributed by atoms with Crippen LogP contribution in [-0.4, -0.2) is 16.7 Å². The molecule has 0 saturated carbocycles.